The van der Waals surface area contributed by atoms with Crippen molar-refractivity contribution in [3.8, 4) is 0 Å². The third kappa shape index (κ3) is 2.12. The molecule has 84 valence electrons. The lowest BCUT2D eigenvalue weighted by molar-refractivity contribution is 0.576. The van der Waals surface area contributed by atoms with Crippen LogP contribution in [-0.2, 0) is 7.05 Å². The van der Waals surface area contributed by atoms with E-state index in [1.54, 1.807) is 0 Å². The molecule has 2 heterocycles. The number of imidazole rings is 1. The number of rotatable bonds is 4. The minimum absolute atomic E-state index is 0.132. The quantitative estimate of drug-likeness (QED) is 0.842. The molecule has 1 unspecified atom stereocenters. The minimum atomic E-state index is 0.132. The summed E-state index contributed by atoms with van der Waals surface area (Å²) in [5.74, 6) is 1.02. The predicted molar refractivity (Wildman–Crippen MR) is 63.0 cm³/mol. The Morgan fingerprint density at radius 1 is 1.31 bits per heavy atom. The van der Waals surface area contributed by atoms with Gasteiger partial charge in [-0.1, -0.05) is 6.92 Å². The highest BCUT2D eigenvalue weighted by Gasteiger charge is 2.16. The Morgan fingerprint density at radius 3 is 2.62 bits per heavy atom. The Hall–Kier alpha value is -1.68. The Bertz CT molecular complexity index is 435. The zero-order valence-corrected chi connectivity index (χ0v) is 9.59. The summed E-state index contributed by atoms with van der Waals surface area (Å²) in [4.78, 5) is 8.43. The van der Waals surface area contributed by atoms with Crippen molar-refractivity contribution in [2.75, 3.05) is 6.54 Å². The van der Waals surface area contributed by atoms with Gasteiger partial charge < -0.3 is 9.88 Å². The van der Waals surface area contributed by atoms with Gasteiger partial charge in [0.05, 0.1) is 6.04 Å². The standard InChI is InChI=1S/C12H16N4/c1-3-14-11(10-4-6-13-7-5-10)12-15-8-9-16(12)2/h4-9,11,14H,3H2,1-2H3. The number of aromatic nitrogens is 3. The van der Waals surface area contributed by atoms with Gasteiger partial charge in [0.2, 0.25) is 0 Å². The summed E-state index contributed by atoms with van der Waals surface area (Å²) in [6.45, 7) is 3.00. The predicted octanol–water partition coefficient (Wildman–Crippen LogP) is 1.51. The van der Waals surface area contributed by atoms with Crippen molar-refractivity contribution in [2.24, 2.45) is 7.05 Å². The fourth-order valence-corrected chi connectivity index (χ4v) is 1.77. The first-order valence-corrected chi connectivity index (χ1v) is 5.43. The minimum Gasteiger partial charge on any atom is -0.336 e. The molecule has 0 fully saturated rings. The fourth-order valence-electron chi connectivity index (χ4n) is 1.77. The summed E-state index contributed by atoms with van der Waals surface area (Å²) < 4.78 is 2.04. The molecular weight excluding hydrogens is 200 g/mol. The highest BCUT2D eigenvalue weighted by Crippen LogP contribution is 2.18. The van der Waals surface area contributed by atoms with Crippen molar-refractivity contribution in [3.63, 3.8) is 0 Å². The number of nitrogens with zero attached hydrogens (tertiary/aromatic N) is 3. The smallest absolute Gasteiger partial charge is 0.130 e. The van der Waals surface area contributed by atoms with E-state index >= 15 is 0 Å². The first-order chi connectivity index (χ1) is 7.83. The van der Waals surface area contributed by atoms with Crippen LogP contribution >= 0.6 is 0 Å². The maximum atomic E-state index is 4.39. The maximum absolute atomic E-state index is 4.39. The van der Waals surface area contributed by atoms with Crippen LogP contribution in [0.15, 0.2) is 36.9 Å². The van der Waals surface area contributed by atoms with Gasteiger partial charge in [-0.2, -0.15) is 0 Å². The molecule has 0 saturated heterocycles. The number of pyridine rings is 1. The molecule has 0 aromatic carbocycles. The van der Waals surface area contributed by atoms with E-state index in [1.165, 1.54) is 5.56 Å². The molecule has 2 aromatic heterocycles. The van der Waals surface area contributed by atoms with Gasteiger partial charge in [0.15, 0.2) is 0 Å². The van der Waals surface area contributed by atoms with Crippen LogP contribution in [0.4, 0.5) is 0 Å². The van der Waals surface area contributed by atoms with E-state index in [4.69, 9.17) is 0 Å². The van der Waals surface area contributed by atoms with Crippen molar-refractivity contribution < 1.29 is 0 Å². The van der Waals surface area contributed by atoms with Crippen molar-refractivity contribution in [2.45, 2.75) is 13.0 Å². The summed E-state index contributed by atoms with van der Waals surface area (Å²) in [6.07, 6.45) is 7.40. The second-order valence-electron chi connectivity index (χ2n) is 3.67. The molecule has 4 heteroatoms. The van der Waals surface area contributed by atoms with Gasteiger partial charge in [-0.15, -0.1) is 0 Å². The Morgan fingerprint density at radius 2 is 2.06 bits per heavy atom. The van der Waals surface area contributed by atoms with Crippen LogP contribution in [0.1, 0.15) is 24.4 Å². The molecule has 16 heavy (non-hydrogen) atoms. The Kier molecular flexibility index (Phi) is 3.31. The van der Waals surface area contributed by atoms with Gasteiger partial charge in [0.25, 0.3) is 0 Å². The summed E-state index contributed by atoms with van der Waals surface area (Å²) in [5, 5.41) is 3.43. The van der Waals surface area contributed by atoms with Crippen LogP contribution in [-0.4, -0.2) is 21.1 Å². The number of hydrogen-bond donors (Lipinski definition) is 1. The number of nitrogens with one attached hydrogen (secondary N) is 1. The van der Waals surface area contributed by atoms with Crippen LogP contribution < -0.4 is 5.32 Å². The molecule has 2 aromatic rings. The van der Waals surface area contributed by atoms with Gasteiger partial charge in [-0.3, -0.25) is 4.98 Å². The van der Waals surface area contributed by atoms with Crippen LogP contribution in [0.25, 0.3) is 0 Å². The highest BCUT2D eigenvalue weighted by atomic mass is 15.1. The van der Waals surface area contributed by atoms with Gasteiger partial charge in [-0.25, -0.2) is 4.98 Å². The van der Waals surface area contributed by atoms with Gasteiger partial charge in [-0.05, 0) is 24.2 Å². The molecule has 0 spiro atoms. The third-order valence-electron chi connectivity index (χ3n) is 2.56. The van der Waals surface area contributed by atoms with Gasteiger partial charge in [0, 0.05) is 31.8 Å². The average Bonchev–Trinajstić information content (AvgIpc) is 2.73. The molecule has 0 aliphatic heterocycles. The number of aryl methyl sites for hydroxylation is 1. The van der Waals surface area contributed by atoms with Crippen LogP contribution in [0.2, 0.25) is 0 Å². The van der Waals surface area contributed by atoms with Crippen molar-refractivity contribution in [3.05, 3.63) is 48.3 Å². The normalized spacial score (nSPS) is 12.6. The molecule has 0 bridgehead atoms. The molecule has 1 N–H and O–H groups in total. The largest absolute Gasteiger partial charge is 0.336 e. The topological polar surface area (TPSA) is 42.7 Å². The molecule has 1 atom stereocenters. The lowest BCUT2D eigenvalue weighted by Crippen LogP contribution is -2.24. The van der Waals surface area contributed by atoms with Crippen molar-refractivity contribution in [1.29, 1.82) is 0 Å². The summed E-state index contributed by atoms with van der Waals surface area (Å²) in [5.41, 5.74) is 1.19. The first kappa shape index (κ1) is 10.8. The van der Waals surface area contributed by atoms with Crippen LogP contribution in [0.5, 0.6) is 0 Å². The second kappa shape index (κ2) is 4.90. The SMILES string of the molecule is CCNC(c1ccncc1)c1nccn1C. The van der Waals surface area contributed by atoms with E-state index in [0.717, 1.165) is 12.4 Å². The molecule has 0 amide bonds. The monoisotopic (exact) mass is 216 g/mol. The summed E-state index contributed by atoms with van der Waals surface area (Å²) in [6, 6.07) is 4.16. The summed E-state index contributed by atoms with van der Waals surface area (Å²) >= 11 is 0. The molecule has 4 nitrogen and oxygen atoms in total. The fraction of sp³-hybridized carbons (Fsp3) is 0.333. The van der Waals surface area contributed by atoms with Crippen LogP contribution in [0, 0.1) is 0 Å². The maximum Gasteiger partial charge on any atom is 0.130 e. The third-order valence-corrected chi connectivity index (χ3v) is 2.56. The molecular formula is C12H16N4. The lowest BCUT2D eigenvalue weighted by Gasteiger charge is -2.17. The lowest BCUT2D eigenvalue weighted by atomic mass is 10.1. The zero-order valence-electron chi connectivity index (χ0n) is 9.59. The van der Waals surface area contributed by atoms with E-state index in [9.17, 15) is 0 Å². The molecule has 2 rings (SSSR count). The molecule has 0 aliphatic rings. The first-order valence-electron chi connectivity index (χ1n) is 5.43. The average molecular weight is 216 g/mol. The Balaban J connectivity index is 2.35. The zero-order chi connectivity index (χ0) is 11.4. The van der Waals surface area contributed by atoms with Gasteiger partial charge >= 0.3 is 0 Å². The molecule has 0 radical (unpaired) electrons. The number of hydrogen-bond acceptors (Lipinski definition) is 3. The van der Waals surface area contributed by atoms with Crippen molar-refractivity contribution >= 4 is 0 Å². The van der Waals surface area contributed by atoms with E-state index in [0.29, 0.717) is 0 Å². The van der Waals surface area contributed by atoms with Gasteiger partial charge in [0.1, 0.15) is 5.82 Å². The van der Waals surface area contributed by atoms with Crippen LogP contribution in [0.3, 0.4) is 0 Å². The molecule has 0 aliphatic carbocycles. The highest BCUT2D eigenvalue weighted by molar-refractivity contribution is 5.22. The van der Waals surface area contributed by atoms with E-state index in [1.807, 2.05) is 48.5 Å². The molecule has 0 saturated carbocycles. The van der Waals surface area contributed by atoms with E-state index in [2.05, 4.69) is 22.2 Å². The van der Waals surface area contributed by atoms with Crippen molar-refractivity contribution in [1.82, 2.24) is 19.9 Å². The summed E-state index contributed by atoms with van der Waals surface area (Å²) in [7, 11) is 2.01. The van der Waals surface area contributed by atoms with E-state index in [-0.39, 0.29) is 6.04 Å². The second-order valence-corrected chi connectivity index (χ2v) is 3.67. The van der Waals surface area contributed by atoms with E-state index < -0.39 is 0 Å². The Labute approximate surface area is 95.4 Å².